The number of carbonyl (C=O) groups is 1. The maximum atomic E-state index is 11.9. The molecule has 0 unspecified atom stereocenters. The number of aromatic nitrogens is 2. The van der Waals surface area contributed by atoms with Crippen molar-refractivity contribution in [2.24, 2.45) is 5.92 Å². The van der Waals surface area contributed by atoms with Crippen LogP contribution in [-0.4, -0.2) is 28.1 Å². The van der Waals surface area contributed by atoms with Crippen molar-refractivity contribution in [2.45, 2.75) is 65.0 Å². The Balaban J connectivity index is 1.89. The van der Waals surface area contributed by atoms with Gasteiger partial charge in [-0.1, -0.05) is 18.5 Å². The molecule has 22 heavy (non-hydrogen) atoms. The number of nitrogens with one attached hydrogen (secondary N) is 1. The smallest absolute Gasteiger partial charge is 0.309 e. The second-order valence-corrected chi connectivity index (χ2v) is 6.39. The lowest BCUT2D eigenvalue weighted by atomic mass is 9.86. The van der Waals surface area contributed by atoms with Crippen LogP contribution in [0.25, 0.3) is 0 Å². The van der Waals surface area contributed by atoms with Crippen molar-refractivity contribution in [3.63, 3.8) is 0 Å². The standard InChI is InChI=1S/C16H24ClN3O2/c1-4-13-14(17)15(19-9-18-13)20-12-7-5-11(6-8-12)16(21)22-10(2)3/h9-12H,4-8H2,1-3H3,(H,18,19,20)/t11-,12+. The van der Waals surface area contributed by atoms with E-state index in [1.807, 2.05) is 20.8 Å². The van der Waals surface area contributed by atoms with Crippen LogP contribution < -0.4 is 5.32 Å². The molecule has 0 spiro atoms. The molecule has 1 aromatic heterocycles. The number of aryl methyl sites for hydroxylation is 1. The van der Waals surface area contributed by atoms with Gasteiger partial charge in [-0.15, -0.1) is 0 Å². The molecule has 1 saturated carbocycles. The van der Waals surface area contributed by atoms with Gasteiger partial charge in [0.05, 0.1) is 17.7 Å². The molecule has 122 valence electrons. The molecule has 0 atom stereocenters. The molecule has 0 bridgehead atoms. The van der Waals surface area contributed by atoms with Crippen molar-refractivity contribution in [1.82, 2.24) is 9.97 Å². The number of ether oxygens (including phenoxy) is 1. The zero-order valence-corrected chi connectivity index (χ0v) is 14.2. The van der Waals surface area contributed by atoms with Crippen LogP contribution >= 0.6 is 11.6 Å². The Morgan fingerprint density at radius 1 is 1.36 bits per heavy atom. The number of anilines is 1. The van der Waals surface area contributed by atoms with Crippen LogP contribution in [0.2, 0.25) is 5.02 Å². The highest BCUT2D eigenvalue weighted by molar-refractivity contribution is 6.33. The highest BCUT2D eigenvalue weighted by Gasteiger charge is 2.28. The van der Waals surface area contributed by atoms with Crippen molar-refractivity contribution >= 4 is 23.4 Å². The summed E-state index contributed by atoms with van der Waals surface area (Å²) in [4.78, 5) is 20.3. The van der Waals surface area contributed by atoms with Gasteiger partial charge in [-0.05, 0) is 46.0 Å². The molecule has 0 aliphatic heterocycles. The first-order valence-corrected chi connectivity index (χ1v) is 8.35. The molecule has 1 fully saturated rings. The Bertz CT molecular complexity index is 514. The van der Waals surface area contributed by atoms with Gasteiger partial charge in [0.15, 0.2) is 0 Å². The quantitative estimate of drug-likeness (QED) is 0.838. The molecule has 1 aliphatic rings. The Hall–Kier alpha value is -1.36. The topological polar surface area (TPSA) is 64.1 Å². The summed E-state index contributed by atoms with van der Waals surface area (Å²) in [6, 6.07) is 0.292. The monoisotopic (exact) mass is 325 g/mol. The lowest BCUT2D eigenvalue weighted by Gasteiger charge is -2.29. The predicted octanol–water partition coefficient (Wildman–Crippen LogP) is 3.61. The summed E-state index contributed by atoms with van der Waals surface area (Å²) in [7, 11) is 0. The van der Waals surface area contributed by atoms with E-state index in [1.165, 1.54) is 0 Å². The van der Waals surface area contributed by atoms with Gasteiger partial charge in [-0.25, -0.2) is 9.97 Å². The number of hydrogen-bond acceptors (Lipinski definition) is 5. The first-order chi connectivity index (χ1) is 10.5. The number of hydrogen-bond donors (Lipinski definition) is 1. The number of esters is 1. The fourth-order valence-electron chi connectivity index (χ4n) is 2.75. The van der Waals surface area contributed by atoms with Gasteiger partial charge in [0.1, 0.15) is 17.2 Å². The van der Waals surface area contributed by atoms with Crippen LogP contribution in [-0.2, 0) is 16.0 Å². The second-order valence-electron chi connectivity index (χ2n) is 6.02. The van der Waals surface area contributed by atoms with E-state index in [1.54, 1.807) is 6.33 Å². The van der Waals surface area contributed by atoms with Crippen LogP contribution in [0.1, 0.15) is 52.1 Å². The third-order valence-corrected chi connectivity index (χ3v) is 4.35. The molecule has 2 rings (SSSR count). The molecular weight excluding hydrogens is 302 g/mol. The Labute approximate surface area is 136 Å². The van der Waals surface area contributed by atoms with Crippen LogP contribution in [0, 0.1) is 5.92 Å². The molecular formula is C16H24ClN3O2. The van der Waals surface area contributed by atoms with Gasteiger partial charge in [0.2, 0.25) is 0 Å². The maximum absolute atomic E-state index is 11.9. The Morgan fingerprint density at radius 3 is 2.64 bits per heavy atom. The predicted molar refractivity (Wildman–Crippen MR) is 87.0 cm³/mol. The number of nitrogens with zero attached hydrogens (tertiary/aromatic N) is 2. The minimum atomic E-state index is -0.0678. The molecule has 1 aliphatic carbocycles. The molecule has 0 saturated heterocycles. The van der Waals surface area contributed by atoms with E-state index in [2.05, 4.69) is 15.3 Å². The summed E-state index contributed by atoms with van der Waals surface area (Å²) >= 11 is 6.30. The minimum absolute atomic E-state index is 0.0209. The van der Waals surface area contributed by atoms with Crippen molar-refractivity contribution in [3.05, 3.63) is 17.0 Å². The van der Waals surface area contributed by atoms with Crippen molar-refractivity contribution < 1.29 is 9.53 Å². The molecule has 0 amide bonds. The van der Waals surface area contributed by atoms with E-state index >= 15 is 0 Å². The molecule has 5 nitrogen and oxygen atoms in total. The normalized spacial score (nSPS) is 21.7. The van der Waals surface area contributed by atoms with Crippen molar-refractivity contribution in [1.29, 1.82) is 0 Å². The first-order valence-electron chi connectivity index (χ1n) is 7.97. The van der Waals surface area contributed by atoms with E-state index in [4.69, 9.17) is 16.3 Å². The number of carbonyl (C=O) groups excluding carboxylic acids is 1. The lowest BCUT2D eigenvalue weighted by molar-refractivity contribution is -0.153. The Morgan fingerprint density at radius 2 is 2.05 bits per heavy atom. The van der Waals surface area contributed by atoms with Gasteiger partial charge in [0.25, 0.3) is 0 Å². The van der Waals surface area contributed by atoms with Crippen LogP contribution in [0.15, 0.2) is 6.33 Å². The average molecular weight is 326 g/mol. The minimum Gasteiger partial charge on any atom is -0.463 e. The fraction of sp³-hybridized carbons (Fsp3) is 0.688. The molecule has 1 N–H and O–H groups in total. The Kier molecular flexibility index (Phi) is 6.00. The molecule has 0 aromatic carbocycles. The summed E-state index contributed by atoms with van der Waals surface area (Å²) in [5.41, 5.74) is 0.855. The highest BCUT2D eigenvalue weighted by Crippen LogP contribution is 2.30. The number of halogens is 1. The van der Waals surface area contributed by atoms with E-state index in [-0.39, 0.29) is 18.0 Å². The lowest BCUT2D eigenvalue weighted by Crippen LogP contribution is -2.31. The summed E-state index contributed by atoms with van der Waals surface area (Å²) in [5, 5.41) is 3.99. The van der Waals surface area contributed by atoms with Crippen molar-refractivity contribution in [2.75, 3.05) is 5.32 Å². The molecule has 6 heteroatoms. The zero-order valence-electron chi connectivity index (χ0n) is 13.4. The number of rotatable bonds is 5. The summed E-state index contributed by atoms with van der Waals surface area (Å²) in [5.74, 6) is 0.649. The van der Waals surface area contributed by atoms with E-state index in [9.17, 15) is 4.79 Å². The summed E-state index contributed by atoms with van der Waals surface area (Å²) in [6.45, 7) is 5.78. The third-order valence-electron chi connectivity index (χ3n) is 3.95. The molecule has 1 aromatic rings. The van der Waals surface area contributed by atoms with Gasteiger partial charge in [-0.3, -0.25) is 4.79 Å². The SMILES string of the molecule is CCc1ncnc(N[C@H]2CC[C@@H](C(=O)OC(C)C)CC2)c1Cl. The zero-order chi connectivity index (χ0) is 16.1. The highest BCUT2D eigenvalue weighted by atomic mass is 35.5. The first kappa shape index (κ1) is 17.0. The summed E-state index contributed by atoms with van der Waals surface area (Å²) < 4.78 is 5.29. The van der Waals surface area contributed by atoms with Gasteiger partial charge in [0, 0.05) is 6.04 Å². The van der Waals surface area contributed by atoms with Crippen LogP contribution in [0.3, 0.4) is 0 Å². The van der Waals surface area contributed by atoms with Gasteiger partial charge >= 0.3 is 5.97 Å². The van der Waals surface area contributed by atoms with Crippen LogP contribution in [0.5, 0.6) is 0 Å². The van der Waals surface area contributed by atoms with Crippen LogP contribution in [0.4, 0.5) is 5.82 Å². The van der Waals surface area contributed by atoms with E-state index in [0.29, 0.717) is 16.9 Å². The molecule has 0 radical (unpaired) electrons. The third kappa shape index (κ3) is 4.32. The largest absolute Gasteiger partial charge is 0.463 e. The summed E-state index contributed by atoms with van der Waals surface area (Å²) in [6.07, 6.45) is 5.79. The average Bonchev–Trinajstić information content (AvgIpc) is 2.49. The van der Waals surface area contributed by atoms with E-state index in [0.717, 1.165) is 37.8 Å². The fourth-order valence-corrected chi connectivity index (χ4v) is 3.03. The van der Waals surface area contributed by atoms with Gasteiger partial charge in [-0.2, -0.15) is 0 Å². The van der Waals surface area contributed by atoms with Gasteiger partial charge < -0.3 is 10.1 Å². The second kappa shape index (κ2) is 7.77. The van der Waals surface area contributed by atoms with E-state index < -0.39 is 0 Å². The molecule has 1 heterocycles. The maximum Gasteiger partial charge on any atom is 0.309 e. The van der Waals surface area contributed by atoms with Crippen molar-refractivity contribution in [3.8, 4) is 0 Å².